The Labute approximate surface area is 159 Å². The molecule has 0 saturated carbocycles. The largest absolute Gasteiger partial charge is 0.326 e. The molecule has 2 heteroatoms. The molecule has 0 aromatic carbocycles. The summed E-state index contributed by atoms with van der Waals surface area (Å²) in [7, 11) is 4.58. The fourth-order valence-electron chi connectivity index (χ4n) is 4.01. The second kappa shape index (κ2) is 17.1. The van der Waals surface area contributed by atoms with Crippen molar-refractivity contribution >= 4 is 6.29 Å². The quantitative estimate of drug-likeness (QED) is 0.140. The molecule has 0 aromatic rings. The molecule has 0 aliphatic rings. The number of aldehydes is 1. The molecule has 0 fully saturated rings. The number of carbonyl (C=O) groups excluding carboxylic acids is 1. The van der Waals surface area contributed by atoms with Crippen LogP contribution in [-0.2, 0) is 4.79 Å². The molecule has 0 spiro atoms. The minimum atomic E-state index is 0.697. The highest BCUT2D eigenvalue weighted by Crippen LogP contribution is 2.19. The van der Waals surface area contributed by atoms with Crippen LogP contribution in [0.5, 0.6) is 0 Å². The highest BCUT2D eigenvalue weighted by Gasteiger charge is 2.25. The summed E-state index contributed by atoms with van der Waals surface area (Å²) in [5.74, 6) is 0. The van der Waals surface area contributed by atoms with Crippen LogP contribution in [0.4, 0.5) is 0 Å². The first kappa shape index (κ1) is 24.6. The van der Waals surface area contributed by atoms with Gasteiger partial charge in [-0.15, -0.1) is 0 Å². The van der Waals surface area contributed by atoms with E-state index in [0.717, 1.165) is 17.3 Å². The Hall–Kier alpha value is -0.370. The molecule has 1 unspecified atom stereocenters. The van der Waals surface area contributed by atoms with Crippen molar-refractivity contribution in [2.45, 2.75) is 123 Å². The summed E-state index contributed by atoms with van der Waals surface area (Å²) < 4.78 is 1.01. The fraction of sp³-hybridized carbons (Fsp3) is 0.957. The summed E-state index contributed by atoms with van der Waals surface area (Å²) >= 11 is 0. The molecule has 25 heavy (non-hydrogen) atoms. The normalized spacial score (nSPS) is 13.1. The fourth-order valence-corrected chi connectivity index (χ4v) is 4.01. The van der Waals surface area contributed by atoms with Crippen LogP contribution < -0.4 is 0 Å². The third-order valence-electron chi connectivity index (χ3n) is 5.92. The van der Waals surface area contributed by atoms with Gasteiger partial charge in [-0.1, -0.05) is 90.9 Å². The van der Waals surface area contributed by atoms with Crippen LogP contribution in [0.2, 0.25) is 0 Å². The van der Waals surface area contributed by atoms with E-state index < -0.39 is 0 Å². The van der Waals surface area contributed by atoms with E-state index in [9.17, 15) is 4.79 Å². The molecule has 1 atom stereocenters. The smallest absolute Gasteiger partial charge is 0.125 e. The number of quaternary nitrogens is 1. The van der Waals surface area contributed by atoms with E-state index >= 15 is 0 Å². The summed E-state index contributed by atoms with van der Waals surface area (Å²) in [4.78, 5) is 10.6. The summed E-state index contributed by atoms with van der Waals surface area (Å²) in [5, 5.41) is 0. The molecule has 0 heterocycles. The van der Waals surface area contributed by atoms with E-state index in [4.69, 9.17) is 0 Å². The third-order valence-corrected chi connectivity index (χ3v) is 5.92. The number of carbonyl (C=O) groups is 1. The zero-order valence-corrected chi connectivity index (χ0v) is 18.0. The van der Waals surface area contributed by atoms with Gasteiger partial charge in [0.2, 0.25) is 0 Å². The molecule has 0 bridgehead atoms. The van der Waals surface area contributed by atoms with Gasteiger partial charge in [-0.2, -0.15) is 0 Å². The maximum atomic E-state index is 10.6. The van der Waals surface area contributed by atoms with Gasteiger partial charge in [-0.25, -0.2) is 0 Å². The van der Waals surface area contributed by atoms with Crippen molar-refractivity contribution in [3.8, 4) is 0 Å². The highest BCUT2D eigenvalue weighted by molar-refractivity contribution is 5.49. The van der Waals surface area contributed by atoms with Crippen LogP contribution in [0.15, 0.2) is 0 Å². The Morgan fingerprint density at radius 1 is 0.720 bits per heavy atom. The van der Waals surface area contributed by atoms with Gasteiger partial charge in [0.05, 0.1) is 33.1 Å². The zero-order valence-electron chi connectivity index (χ0n) is 18.0. The topological polar surface area (TPSA) is 17.1 Å². The summed E-state index contributed by atoms with van der Waals surface area (Å²) in [6, 6.07) is 0.715. The summed E-state index contributed by atoms with van der Waals surface area (Å²) in [5.41, 5.74) is 0. The van der Waals surface area contributed by atoms with E-state index in [0.29, 0.717) is 12.5 Å². The van der Waals surface area contributed by atoms with Crippen molar-refractivity contribution in [2.24, 2.45) is 0 Å². The molecular formula is C23H48NO+. The van der Waals surface area contributed by atoms with E-state index in [1.807, 2.05) is 0 Å². The van der Waals surface area contributed by atoms with Gasteiger partial charge in [0.15, 0.2) is 0 Å². The van der Waals surface area contributed by atoms with Crippen molar-refractivity contribution in [1.29, 1.82) is 0 Å². The van der Waals surface area contributed by atoms with Gasteiger partial charge < -0.3 is 9.28 Å². The molecule has 0 amide bonds. The van der Waals surface area contributed by atoms with Crippen LogP contribution in [0.1, 0.15) is 117 Å². The molecule has 0 rings (SSSR count). The van der Waals surface area contributed by atoms with Crippen LogP contribution in [0, 0.1) is 0 Å². The molecule has 0 radical (unpaired) electrons. The van der Waals surface area contributed by atoms with Crippen LogP contribution in [0.3, 0.4) is 0 Å². The molecule has 0 saturated heterocycles. The monoisotopic (exact) mass is 354 g/mol. The Morgan fingerprint density at radius 2 is 1.16 bits per heavy atom. The van der Waals surface area contributed by atoms with Crippen molar-refractivity contribution in [2.75, 3.05) is 20.6 Å². The minimum absolute atomic E-state index is 0.697. The molecule has 2 nitrogen and oxygen atoms in total. The van der Waals surface area contributed by atoms with Crippen molar-refractivity contribution in [1.82, 2.24) is 0 Å². The lowest BCUT2D eigenvalue weighted by atomic mass is 10.0. The van der Waals surface area contributed by atoms with Gasteiger partial charge in [-0.3, -0.25) is 0 Å². The number of hydrogen-bond acceptors (Lipinski definition) is 1. The molecule has 150 valence electrons. The zero-order chi connectivity index (χ0) is 18.8. The predicted octanol–water partition coefficient (Wildman–Crippen LogP) is 6.91. The minimum Gasteiger partial charge on any atom is -0.326 e. The molecule has 0 N–H and O–H groups in total. The molecule has 0 aliphatic carbocycles. The number of rotatable bonds is 19. The van der Waals surface area contributed by atoms with Crippen molar-refractivity contribution in [3.05, 3.63) is 0 Å². The summed E-state index contributed by atoms with van der Waals surface area (Å²) in [6.07, 6.45) is 22.8. The SMILES string of the molecule is CCCCCCCCCCCCCCCC(CC)[N+](C)(C)CCC=O. The maximum Gasteiger partial charge on any atom is 0.125 e. The van der Waals surface area contributed by atoms with Gasteiger partial charge in [0.1, 0.15) is 6.29 Å². The second-order valence-corrected chi connectivity index (χ2v) is 8.55. The van der Waals surface area contributed by atoms with Gasteiger partial charge in [-0.05, 0) is 19.3 Å². The Balaban J connectivity index is 3.48. The van der Waals surface area contributed by atoms with Gasteiger partial charge >= 0.3 is 0 Å². The van der Waals surface area contributed by atoms with E-state index in [2.05, 4.69) is 27.9 Å². The lowest BCUT2D eigenvalue weighted by molar-refractivity contribution is -0.915. The summed E-state index contributed by atoms with van der Waals surface area (Å²) in [6.45, 7) is 5.57. The average molecular weight is 355 g/mol. The van der Waals surface area contributed by atoms with Crippen LogP contribution >= 0.6 is 0 Å². The van der Waals surface area contributed by atoms with Gasteiger partial charge in [0, 0.05) is 0 Å². The number of nitrogens with zero attached hydrogens (tertiary/aromatic N) is 1. The van der Waals surface area contributed by atoms with E-state index in [-0.39, 0.29) is 0 Å². The maximum absolute atomic E-state index is 10.6. The lowest BCUT2D eigenvalue weighted by Crippen LogP contribution is -2.49. The first-order chi connectivity index (χ1) is 12.1. The van der Waals surface area contributed by atoms with Gasteiger partial charge in [0.25, 0.3) is 0 Å². The number of unbranched alkanes of at least 4 members (excludes halogenated alkanes) is 12. The van der Waals surface area contributed by atoms with Crippen LogP contribution in [-0.4, -0.2) is 37.5 Å². The average Bonchev–Trinajstić information content (AvgIpc) is 2.60. The first-order valence-electron chi connectivity index (χ1n) is 11.3. The Bertz CT molecular complexity index is 288. The van der Waals surface area contributed by atoms with Crippen molar-refractivity contribution < 1.29 is 9.28 Å². The molecule has 0 aromatic heterocycles. The lowest BCUT2D eigenvalue weighted by Gasteiger charge is -2.37. The Kier molecular flexibility index (Phi) is 16.8. The second-order valence-electron chi connectivity index (χ2n) is 8.55. The number of hydrogen-bond donors (Lipinski definition) is 0. The highest BCUT2D eigenvalue weighted by atomic mass is 16.1. The standard InChI is InChI=1S/C23H48NO/c1-5-7-8-9-10-11-12-13-14-15-16-17-18-20-23(6-2)24(3,4)21-19-22-25/h22-23H,5-21H2,1-4H3/q+1. The van der Waals surface area contributed by atoms with Crippen LogP contribution in [0.25, 0.3) is 0 Å². The predicted molar refractivity (Wildman–Crippen MR) is 112 cm³/mol. The first-order valence-corrected chi connectivity index (χ1v) is 11.3. The van der Waals surface area contributed by atoms with Crippen molar-refractivity contribution in [3.63, 3.8) is 0 Å². The van der Waals surface area contributed by atoms with E-state index in [1.54, 1.807) is 0 Å². The molecular weight excluding hydrogens is 306 g/mol. The molecule has 0 aliphatic heterocycles. The Morgan fingerprint density at radius 3 is 1.56 bits per heavy atom. The third kappa shape index (κ3) is 14.5. The van der Waals surface area contributed by atoms with E-state index in [1.165, 1.54) is 96.3 Å².